The molecule has 2 aromatic rings. The highest BCUT2D eigenvalue weighted by molar-refractivity contribution is 5.78. The molecule has 4 nitrogen and oxygen atoms in total. The second-order valence-electron chi connectivity index (χ2n) is 6.55. The zero-order chi connectivity index (χ0) is 17.5. The molecular weight excluding hydrogens is 312 g/mol. The Morgan fingerprint density at radius 2 is 1.64 bits per heavy atom. The number of amides is 1. The van der Waals surface area contributed by atoms with Crippen molar-refractivity contribution in [3.63, 3.8) is 0 Å². The molecule has 0 N–H and O–H groups in total. The molecule has 0 aromatic heterocycles. The Bertz CT molecular complexity index is 662. The van der Waals surface area contributed by atoms with E-state index in [4.69, 9.17) is 4.74 Å². The molecular formula is C21H26N2O2. The second kappa shape index (κ2) is 8.67. The highest BCUT2D eigenvalue weighted by Crippen LogP contribution is 2.12. The van der Waals surface area contributed by atoms with Crippen LogP contribution in [0.3, 0.4) is 0 Å². The van der Waals surface area contributed by atoms with Gasteiger partial charge in [0.25, 0.3) is 0 Å². The van der Waals surface area contributed by atoms with E-state index in [0.717, 1.165) is 44.0 Å². The first kappa shape index (κ1) is 17.5. The molecule has 25 heavy (non-hydrogen) atoms. The monoisotopic (exact) mass is 338 g/mol. The molecule has 1 aliphatic heterocycles. The Labute approximate surface area is 150 Å². The van der Waals surface area contributed by atoms with E-state index < -0.39 is 0 Å². The van der Waals surface area contributed by atoms with Crippen LogP contribution in [0.4, 0.5) is 0 Å². The molecule has 4 heteroatoms. The van der Waals surface area contributed by atoms with Crippen LogP contribution >= 0.6 is 0 Å². The standard InChI is InChI=1S/C21H26N2O2/c1-18-7-9-20(10-8-18)25-16-15-22-11-13-23(14-12-22)21(24)17-19-5-3-2-4-6-19/h2-10H,11-17H2,1H3. The van der Waals surface area contributed by atoms with Crippen LogP contribution in [0.15, 0.2) is 54.6 Å². The fraction of sp³-hybridized carbons (Fsp3) is 0.381. The molecule has 1 heterocycles. The normalized spacial score (nSPS) is 15.2. The lowest BCUT2D eigenvalue weighted by atomic mass is 10.1. The number of benzene rings is 2. The van der Waals surface area contributed by atoms with Crippen molar-refractivity contribution in [1.29, 1.82) is 0 Å². The third kappa shape index (κ3) is 5.33. The molecule has 3 rings (SSSR count). The van der Waals surface area contributed by atoms with Gasteiger partial charge in [0.15, 0.2) is 0 Å². The third-order valence-electron chi connectivity index (χ3n) is 4.62. The van der Waals surface area contributed by atoms with Gasteiger partial charge in [0.05, 0.1) is 6.42 Å². The van der Waals surface area contributed by atoms with Gasteiger partial charge in [-0.1, -0.05) is 48.0 Å². The van der Waals surface area contributed by atoms with E-state index in [-0.39, 0.29) is 5.91 Å². The maximum absolute atomic E-state index is 12.4. The molecule has 1 fully saturated rings. The van der Waals surface area contributed by atoms with Crippen molar-refractivity contribution < 1.29 is 9.53 Å². The van der Waals surface area contributed by atoms with Crippen molar-refractivity contribution in [3.05, 3.63) is 65.7 Å². The predicted octanol–water partition coefficient (Wildman–Crippen LogP) is 2.76. The molecule has 0 unspecified atom stereocenters. The number of carbonyl (C=O) groups excluding carboxylic acids is 1. The SMILES string of the molecule is Cc1ccc(OCCN2CCN(C(=O)Cc3ccccc3)CC2)cc1. The van der Waals surface area contributed by atoms with Crippen LogP contribution in [-0.2, 0) is 11.2 Å². The van der Waals surface area contributed by atoms with Crippen molar-refractivity contribution >= 4 is 5.91 Å². The average molecular weight is 338 g/mol. The van der Waals surface area contributed by atoms with Gasteiger partial charge in [-0.05, 0) is 24.6 Å². The number of carbonyl (C=O) groups is 1. The molecule has 1 aliphatic rings. The van der Waals surface area contributed by atoms with Crippen LogP contribution in [0.1, 0.15) is 11.1 Å². The zero-order valence-electron chi connectivity index (χ0n) is 14.9. The number of rotatable bonds is 6. The second-order valence-corrected chi connectivity index (χ2v) is 6.55. The summed E-state index contributed by atoms with van der Waals surface area (Å²) in [5, 5.41) is 0. The van der Waals surface area contributed by atoms with E-state index in [1.165, 1.54) is 5.56 Å². The van der Waals surface area contributed by atoms with Gasteiger partial charge in [0, 0.05) is 32.7 Å². The molecule has 0 bridgehead atoms. The van der Waals surface area contributed by atoms with Gasteiger partial charge in [-0.2, -0.15) is 0 Å². The molecule has 2 aromatic carbocycles. The van der Waals surface area contributed by atoms with E-state index in [9.17, 15) is 4.79 Å². The quantitative estimate of drug-likeness (QED) is 0.812. The van der Waals surface area contributed by atoms with E-state index in [2.05, 4.69) is 24.0 Å². The number of nitrogens with zero attached hydrogens (tertiary/aromatic N) is 2. The zero-order valence-corrected chi connectivity index (χ0v) is 14.9. The Morgan fingerprint density at radius 3 is 2.32 bits per heavy atom. The van der Waals surface area contributed by atoms with Crippen LogP contribution in [-0.4, -0.2) is 55.0 Å². The van der Waals surface area contributed by atoms with Gasteiger partial charge in [0.2, 0.25) is 5.91 Å². The first-order valence-electron chi connectivity index (χ1n) is 8.94. The molecule has 0 aliphatic carbocycles. The van der Waals surface area contributed by atoms with Crippen LogP contribution < -0.4 is 4.74 Å². The fourth-order valence-electron chi connectivity index (χ4n) is 3.03. The minimum atomic E-state index is 0.224. The topological polar surface area (TPSA) is 32.8 Å². The lowest BCUT2D eigenvalue weighted by Crippen LogP contribution is -2.49. The van der Waals surface area contributed by atoms with Gasteiger partial charge >= 0.3 is 0 Å². The number of aryl methyl sites for hydroxylation is 1. The Hall–Kier alpha value is -2.33. The minimum Gasteiger partial charge on any atom is -0.492 e. The minimum absolute atomic E-state index is 0.224. The Kier molecular flexibility index (Phi) is 6.07. The highest BCUT2D eigenvalue weighted by Gasteiger charge is 2.20. The number of hydrogen-bond donors (Lipinski definition) is 0. The summed E-state index contributed by atoms with van der Waals surface area (Å²) in [4.78, 5) is 16.7. The molecule has 0 radical (unpaired) electrons. The van der Waals surface area contributed by atoms with Gasteiger partial charge in [-0.25, -0.2) is 0 Å². The summed E-state index contributed by atoms with van der Waals surface area (Å²) in [5.74, 6) is 1.14. The molecule has 0 spiro atoms. The summed E-state index contributed by atoms with van der Waals surface area (Å²) in [6.45, 7) is 7.08. The van der Waals surface area contributed by atoms with Gasteiger partial charge in [-0.3, -0.25) is 9.69 Å². The van der Waals surface area contributed by atoms with E-state index in [0.29, 0.717) is 13.0 Å². The lowest BCUT2D eigenvalue weighted by molar-refractivity contribution is -0.132. The number of ether oxygens (including phenoxy) is 1. The van der Waals surface area contributed by atoms with Crippen LogP contribution in [0, 0.1) is 6.92 Å². The average Bonchev–Trinajstić information content (AvgIpc) is 2.65. The molecule has 132 valence electrons. The van der Waals surface area contributed by atoms with E-state index in [1.807, 2.05) is 47.4 Å². The predicted molar refractivity (Wildman–Crippen MR) is 99.8 cm³/mol. The fourth-order valence-corrected chi connectivity index (χ4v) is 3.03. The molecule has 1 amide bonds. The first-order valence-corrected chi connectivity index (χ1v) is 8.94. The van der Waals surface area contributed by atoms with Crippen molar-refractivity contribution in [2.24, 2.45) is 0 Å². The van der Waals surface area contributed by atoms with Gasteiger partial charge < -0.3 is 9.64 Å². The molecule has 1 saturated heterocycles. The van der Waals surface area contributed by atoms with Crippen molar-refractivity contribution in [1.82, 2.24) is 9.80 Å². The maximum Gasteiger partial charge on any atom is 0.227 e. The smallest absolute Gasteiger partial charge is 0.227 e. The third-order valence-corrected chi connectivity index (χ3v) is 4.62. The molecule has 0 atom stereocenters. The Morgan fingerprint density at radius 1 is 0.960 bits per heavy atom. The summed E-state index contributed by atoms with van der Waals surface area (Å²) in [5.41, 5.74) is 2.32. The van der Waals surface area contributed by atoms with Gasteiger partial charge in [-0.15, -0.1) is 0 Å². The summed E-state index contributed by atoms with van der Waals surface area (Å²) in [7, 11) is 0. The summed E-state index contributed by atoms with van der Waals surface area (Å²) in [6.07, 6.45) is 0.497. The van der Waals surface area contributed by atoms with Crippen molar-refractivity contribution in [3.8, 4) is 5.75 Å². The Balaban J connectivity index is 1.37. The number of piperazine rings is 1. The highest BCUT2D eigenvalue weighted by atomic mass is 16.5. The van der Waals surface area contributed by atoms with Crippen LogP contribution in [0.5, 0.6) is 5.75 Å². The summed E-state index contributed by atoms with van der Waals surface area (Å²) >= 11 is 0. The number of hydrogen-bond acceptors (Lipinski definition) is 3. The van der Waals surface area contributed by atoms with Gasteiger partial charge in [0.1, 0.15) is 12.4 Å². The van der Waals surface area contributed by atoms with Crippen LogP contribution in [0.2, 0.25) is 0 Å². The first-order chi connectivity index (χ1) is 12.2. The van der Waals surface area contributed by atoms with Crippen molar-refractivity contribution in [2.75, 3.05) is 39.3 Å². The maximum atomic E-state index is 12.4. The summed E-state index contributed by atoms with van der Waals surface area (Å²) in [6, 6.07) is 18.1. The van der Waals surface area contributed by atoms with E-state index >= 15 is 0 Å². The van der Waals surface area contributed by atoms with Crippen LogP contribution in [0.25, 0.3) is 0 Å². The van der Waals surface area contributed by atoms with Crippen molar-refractivity contribution in [2.45, 2.75) is 13.3 Å². The summed E-state index contributed by atoms with van der Waals surface area (Å²) < 4.78 is 5.79. The largest absolute Gasteiger partial charge is 0.492 e. The molecule has 0 saturated carbocycles. The van der Waals surface area contributed by atoms with E-state index in [1.54, 1.807) is 0 Å². The lowest BCUT2D eigenvalue weighted by Gasteiger charge is -2.34.